The largest absolute Gasteiger partial charge is 0.359 e. The van der Waals surface area contributed by atoms with Crippen molar-refractivity contribution >= 4 is 39.0 Å². The van der Waals surface area contributed by atoms with Crippen LogP contribution in [0.3, 0.4) is 0 Å². The summed E-state index contributed by atoms with van der Waals surface area (Å²) in [5.74, 6) is -0.587. The van der Waals surface area contributed by atoms with Gasteiger partial charge >= 0.3 is 0 Å². The number of nitriles is 1. The maximum atomic E-state index is 12.1. The fourth-order valence-electron chi connectivity index (χ4n) is 1.86. The van der Waals surface area contributed by atoms with Gasteiger partial charge in [0.2, 0.25) is 0 Å². The molecule has 2 rings (SSSR count). The first kappa shape index (κ1) is 17.4. The van der Waals surface area contributed by atoms with E-state index >= 15 is 0 Å². The highest BCUT2D eigenvalue weighted by Crippen LogP contribution is 2.21. The first-order valence-electron chi connectivity index (χ1n) is 7.05. The van der Waals surface area contributed by atoms with Gasteiger partial charge in [-0.1, -0.05) is 12.1 Å². The first-order chi connectivity index (χ1) is 11.5. The zero-order chi connectivity index (χ0) is 17.5. The zero-order valence-electron chi connectivity index (χ0n) is 12.8. The van der Waals surface area contributed by atoms with Crippen LogP contribution in [0.5, 0.6) is 0 Å². The number of anilines is 2. The molecule has 0 saturated carbocycles. The summed E-state index contributed by atoms with van der Waals surface area (Å²) in [7, 11) is 0. The molecule has 0 radical (unpaired) electrons. The van der Waals surface area contributed by atoms with Gasteiger partial charge in [-0.2, -0.15) is 5.26 Å². The minimum Gasteiger partial charge on any atom is -0.359 e. The number of halogens is 1. The number of rotatable bonds is 5. The van der Waals surface area contributed by atoms with E-state index in [0.29, 0.717) is 11.3 Å². The molecule has 0 fully saturated rings. The fourth-order valence-corrected chi connectivity index (χ4v) is 2.26. The molecule has 0 heterocycles. The van der Waals surface area contributed by atoms with E-state index in [-0.39, 0.29) is 11.4 Å². The Labute approximate surface area is 148 Å². The van der Waals surface area contributed by atoms with E-state index in [1.54, 1.807) is 24.3 Å². The molecule has 0 atom stereocenters. The molecule has 5 nitrogen and oxygen atoms in total. The van der Waals surface area contributed by atoms with E-state index < -0.39 is 5.91 Å². The number of hydrogen-bond donors (Lipinski definition) is 2. The van der Waals surface area contributed by atoms with Crippen LogP contribution in [0.15, 0.2) is 64.8 Å². The Bertz CT molecular complexity index is 836. The number of Topliss-reactive ketones (excluding diaryl/α,β-unsaturated/α-hetero) is 1. The molecule has 1 amide bonds. The van der Waals surface area contributed by atoms with Gasteiger partial charge in [-0.05, 0) is 59.3 Å². The average Bonchev–Trinajstić information content (AvgIpc) is 2.57. The second-order valence-electron chi connectivity index (χ2n) is 4.88. The highest BCUT2D eigenvalue weighted by molar-refractivity contribution is 9.10. The molecule has 0 saturated heterocycles. The molecule has 2 N–H and O–H groups in total. The number of carbonyl (C=O) groups is 2. The molecule has 0 aromatic heterocycles. The normalized spacial score (nSPS) is 10.6. The second kappa shape index (κ2) is 8.09. The van der Waals surface area contributed by atoms with Gasteiger partial charge in [0.1, 0.15) is 11.6 Å². The van der Waals surface area contributed by atoms with Gasteiger partial charge in [0.15, 0.2) is 5.78 Å². The summed E-state index contributed by atoms with van der Waals surface area (Å²) < 4.78 is 0.818. The number of amides is 1. The van der Waals surface area contributed by atoms with Crippen molar-refractivity contribution in [1.82, 2.24) is 0 Å². The summed E-state index contributed by atoms with van der Waals surface area (Å²) in [4.78, 5) is 23.4. The molecule has 24 heavy (non-hydrogen) atoms. The Balaban J connectivity index is 2.08. The van der Waals surface area contributed by atoms with Crippen molar-refractivity contribution in [3.8, 4) is 6.07 Å². The fraction of sp³-hybridized carbons (Fsp3) is 0.0556. The molecule has 2 aromatic rings. The Hall–Kier alpha value is -2.91. The van der Waals surface area contributed by atoms with E-state index in [1.807, 2.05) is 30.3 Å². The smallest absolute Gasteiger partial charge is 0.267 e. The lowest BCUT2D eigenvalue weighted by molar-refractivity contribution is -0.112. The predicted molar refractivity (Wildman–Crippen MR) is 96.5 cm³/mol. The van der Waals surface area contributed by atoms with Crippen LogP contribution in [0, 0.1) is 11.3 Å². The van der Waals surface area contributed by atoms with Gasteiger partial charge in [-0.15, -0.1) is 0 Å². The number of para-hydroxylation sites is 1. The molecule has 0 bridgehead atoms. The van der Waals surface area contributed by atoms with Crippen molar-refractivity contribution in [3.63, 3.8) is 0 Å². The summed E-state index contributed by atoms with van der Waals surface area (Å²) in [5.41, 5.74) is 1.73. The van der Waals surface area contributed by atoms with Crippen LogP contribution in [-0.2, 0) is 4.79 Å². The van der Waals surface area contributed by atoms with Crippen molar-refractivity contribution in [2.45, 2.75) is 6.92 Å². The minimum atomic E-state index is -0.535. The van der Waals surface area contributed by atoms with Gasteiger partial charge in [-0.3, -0.25) is 9.59 Å². The van der Waals surface area contributed by atoms with Crippen molar-refractivity contribution in [3.05, 3.63) is 70.3 Å². The standard InChI is InChI=1S/C18H14BrN3O2/c1-12(23)13-6-8-15(9-7-13)22-18(24)14(10-20)11-21-17-5-3-2-4-16(17)19/h2-9,11,21H,1H3,(H,22,24)/b14-11-. The van der Waals surface area contributed by atoms with Gasteiger partial charge in [0, 0.05) is 21.9 Å². The van der Waals surface area contributed by atoms with Crippen LogP contribution in [0.4, 0.5) is 11.4 Å². The van der Waals surface area contributed by atoms with Gasteiger partial charge in [0.05, 0.1) is 5.69 Å². The number of nitrogens with zero attached hydrogens (tertiary/aromatic N) is 1. The number of ketones is 1. The molecular weight excluding hydrogens is 370 g/mol. The Morgan fingerprint density at radius 1 is 1.12 bits per heavy atom. The third-order valence-electron chi connectivity index (χ3n) is 3.16. The summed E-state index contributed by atoms with van der Waals surface area (Å²) in [6.07, 6.45) is 1.35. The third kappa shape index (κ3) is 4.54. The number of hydrogen-bond acceptors (Lipinski definition) is 4. The van der Waals surface area contributed by atoms with Crippen LogP contribution >= 0.6 is 15.9 Å². The molecule has 0 unspecified atom stereocenters. The van der Waals surface area contributed by atoms with E-state index in [1.165, 1.54) is 13.1 Å². The molecule has 2 aromatic carbocycles. The average molecular weight is 384 g/mol. The Morgan fingerprint density at radius 3 is 2.38 bits per heavy atom. The highest BCUT2D eigenvalue weighted by atomic mass is 79.9. The first-order valence-corrected chi connectivity index (χ1v) is 7.84. The van der Waals surface area contributed by atoms with E-state index in [2.05, 4.69) is 26.6 Å². The maximum absolute atomic E-state index is 12.1. The lowest BCUT2D eigenvalue weighted by atomic mass is 10.1. The third-order valence-corrected chi connectivity index (χ3v) is 3.85. The van der Waals surface area contributed by atoms with Gasteiger partial charge in [0.25, 0.3) is 5.91 Å². The summed E-state index contributed by atoms with van der Waals surface area (Å²) in [5, 5.41) is 14.7. The second-order valence-corrected chi connectivity index (χ2v) is 5.74. The van der Waals surface area contributed by atoms with Gasteiger partial charge in [-0.25, -0.2) is 0 Å². The molecule has 6 heteroatoms. The Morgan fingerprint density at radius 2 is 1.79 bits per heavy atom. The summed E-state index contributed by atoms with van der Waals surface area (Å²) in [6, 6.07) is 15.7. The minimum absolute atomic E-state index is 0.0527. The van der Waals surface area contributed by atoms with Crippen LogP contribution < -0.4 is 10.6 Å². The van der Waals surface area contributed by atoms with Crippen LogP contribution in [0.25, 0.3) is 0 Å². The van der Waals surface area contributed by atoms with Crippen molar-refractivity contribution in [1.29, 1.82) is 5.26 Å². The number of carbonyl (C=O) groups excluding carboxylic acids is 2. The quantitative estimate of drug-likeness (QED) is 0.462. The highest BCUT2D eigenvalue weighted by Gasteiger charge is 2.10. The van der Waals surface area contributed by atoms with E-state index in [0.717, 1.165) is 10.2 Å². The zero-order valence-corrected chi connectivity index (χ0v) is 14.4. The SMILES string of the molecule is CC(=O)c1ccc(NC(=O)/C(C#N)=C\Nc2ccccc2Br)cc1. The summed E-state index contributed by atoms with van der Waals surface area (Å²) in [6.45, 7) is 1.47. The summed E-state index contributed by atoms with van der Waals surface area (Å²) >= 11 is 3.37. The lowest BCUT2D eigenvalue weighted by Gasteiger charge is -2.06. The lowest BCUT2D eigenvalue weighted by Crippen LogP contribution is -2.14. The Kier molecular flexibility index (Phi) is 5.88. The maximum Gasteiger partial charge on any atom is 0.267 e. The van der Waals surface area contributed by atoms with E-state index in [9.17, 15) is 9.59 Å². The molecule has 120 valence electrons. The predicted octanol–water partition coefficient (Wildman–Crippen LogP) is 4.11. The number of nitrogens with one attached hydrogen (secondary N) is 2. The van der Waals surface area contributed by atoms with E-state index in [4.69, 9.17) is 5.26 Å². The number of benzene rings is 2. The van der Waals surface area contributed by atoms with Crippen LogP contribution in [0.1, 0.15) is 17.3 Å². The molecule has 0 spiro atoms. The van der Waals surface area contributed by atoms with Crippen molar-refractivity contribution in [2.24, 2.45) is 0 Å². The van der Waals surface area contributed by atoms with Crippen molar-refractivity contribution < 1.29 is 9.59 Å². The molecule has 0 aliphatic heterocycles. The monoisotopic (exact) mass is 383 g/mol. The topological polar surface area (TPSA) is 82.0 Å². The van der Waals surface area contributed by atoms with Gasteiger partial charge < -0.3 is 10.6 Å². The molecule has 0 aliphatic carbocycles. The molecule has 0 aliphatic rings. The van der Waals surface area contributed by atoms with Crippen LogP contribution in [0.2, 0.25) is 0 Å². The van der Waals surface area contributed by atoms with Crippen molar-refractivity contribution in [2.75, 3.05) is 10.6 Å². The van der Waals surface area contributed by atoms with Crippen LogP contribution in [-0.4, -0.2) is 11.7 Å². The molecular formula is C18H14BrN3O2.